The first-order valence-corrected chi connectivity index (χ1v) is 9.84. The van der Waals surface area contributed by atoms with Crippen molar-refractivity contribution in [2.45, 2.75) is 32.5 Å². The van der Waals surface area contributed by atoms with Crippen LogP contribution in [0.5, 0.6) is 0 Å². The highest BCUT2D eigenvalue weighted by Gasteiger charge is 2.27. The normalized spacial score (nSPS) is 20.0. The van der Waals surface area contributed by atoms with Crippen molar-refractivity contribution in [3.63, 3.8) is 0 Å². The number of nitrogens with zero attached hydrogens (tertiary/aromatic N) is 2. The quantitative estimate of drug-likeness (QED) is 0.894. The highest BCUT2D eigenvalue weighted by atomic mass is 35.5. The fraction of sp³-hybridized carbons (Fsp3) is 0.438. The van der Waals surface area contributed by atoms with Crippen LogP contribution in [0, 0.1) is 6.92 Å². The van der Waals surface area contributed by atoms with E-state index in [9.17, 15) is 8.42 Å². The van der Waals surface area contributed by atoms with Crippen molar-refractivity contribution < 1.29 is 8.42 Å². The molecule has 1 aliphatic rings. The van der Waals surface area contributed by atoms with E-state index in [1.807, 2.05) is 37.3 Å². The van der Waals surface area contributed by atoms with Crippen LogP contribution < -0.4 is 5.32 Å². The van der Waals surface area contributed by atoms with Crippen molar-refractivity contribution in [3.8, 4) is 0 Å². The zero-order valence-electron chi connectivity index (χ0n) is 13.0. The van der Waals surface area contributed by atoms with Crippen LogP contribution in [-0.4, -0.2) is 35.7 Å². The van der Waals surface area contributed by atoms with Crippen molar-refractivity contribution in [3.05, 3.63) is 52.3 Å². The Kier molecular flexibility index (Phi) is 4.75. The second-order valence-electron chi connectivity index (χ2n) is 5.98. The summed E-state index contributed by atoms with van der Waals surface area (Å²) in [6, 6.07) is 10.0. The molecule has 0 aliphatic carbocycles. The molecule has 2 aromatic rings. The molecule has 1 N–H and O–H groups in total. The SMILES string of the molecule is Cc1nn(Cc2ccccc2)c(Cl)c1CN[C@H]1CCS(=O)(=O)C1. The molecule has 1 atom stereocenters. The molecule has 1 aromatic carbocycles. The average Bonchev–Trinajstić information content (AvgIpc) is 2.98. The van der Waals surface area contributed by atoms with Crippen LogP contribution >= 0.6 is 11.6 Å². The first-order chi connectivity index (χ1) is 10.9. The minimum absolute atomic E-state index is 0.00735. The summed E-state index contributed by atoms with van der Waals surface area (Å²) in [4.78, 5) is 0. The van der Waals surface area contributed by atoms with Crippen LogP contribution in [0.1, 0.15) is 23.2 Å². The van der Waals surface area contributed by atoms with E-state index in [1.54, 1.807) is 4.68 Å². The van der Waals surface area contributed by atoms with Gasteiger partial charge in [-0.1, -0.05) is 41.9 Å². The van der Waals surface area contributed by atoms with E-state index in [0.29, 0.717) is 24.7 Å². The molecule has 1 fully saturated rings. The number of rotatable bonds is 5. The van der Waals surface area contributed by atoms with Crippen LogP contribution in [0.25, 0.3) is 0 Å². The van der Waals surface area contributed by atoms with Gasteiger partial charge in [0.25, 0.3) is 0 Å². The van der Waals surface area contributed by atoms with Gasteiger partial charge in [0.15, 0.2) is 9.84 Å². The van der Waals surface area contributed by atoms with Gasteiger partial charge in [-0.15, -0.1) is 0 Å². The van der Waals surface area contributed by atoms with Gasteiger partial charge in [0, 0.05) is 18.2 Å². The number of aryl methyl sites for hydroxylation is 1. The minimum atomic E-state index is -2.87. The Morgan fingerprint density at radius 3 is 2.74 bits per heavy atom. The van der Waals surface area contributed by atoms with E-state index in [2.05, 4.69) is 10.4 Å². The molecule has 1 saturated heterocycles. The lowest BCUT2D eigenvalue weighted by Crippen LogP contribution is -2.29. The molecular weight excluding hydrogens is 334 g/mol. The van der Waals surface area contributed by atoms with Crippen LogP contribution in [0.2, 0.25) is 5.15 Å². The molecule has 0 saturated carbocycles. The zero-order chi connectivity index (χ0) is 16.4. The van der Waals surface area contributed by atoms with E-state index in [-0.39, 0.29) is 17.5 Å². The molecule has 0 spiro atoms. The van der Waals surface area contributed by atoms with Gasteiger partial charge < -0.3 is 5.32 Å². The van der Waals surface area contributed by atoms with Crippen LogP contribution in [0.4, 0.5) is 0 Å². The third-order valence-electron chi connectivity index (χ3n) is 4.16. The summed E-state index contributed by atoms with van der Waals surface area (Å²) < 4.78 is 24.8. The van der Waals surface area contributed by atoms with Crippen LogP contribution in [0.15, 0.2) is 30.3 Å². The van der Waals surface area contributed by atoms with E-state index >= 15 is 0 Å². The molecule has 7 heteroatoms. The van der Waals surface area contributed by atoms with E-state index in [1.165, 1.54) is 0 Å². The van der Waals surface area contributed by atoms with Crippen molar-refractivity contribution in [2.75, 3.05) is 11.5 Å². The second-order valence-corrected chi connectivity index (χ2v) is 8.57. The Balaban J connectivity index is 1.69. The lowest BCUT2D eigenvalue weighted by atomic mass is 10.2. The predicted molar refractivity (Wildman–Crippen MR) is 91.4 cm³/mol. The number of aromatic nitrogens is 2. The smallest absolute Gasteiger partial charge is 0.151 e. The highest BCUT2D eigenvalue weighted by molar-refractivity contribution is 7.91. The summed E-state index contributed by atoms with van der Waals surface area (Å²) >= 11 is 6.46. The summed E-state index contributed by atoms with van der Waals surface area (Å²) in [7, 11) is -2.87. The number of sulfone groups is 1. The third kappa shape index (κ3) is 3.94. The van der Waals surface area contributed by atoms with Crippen LogP contribution in [0.3, 0.4) is 0 Å². The molecule has 124 valence electrons. The average molecular weight is 354 g/mol. The van der Waals surface area contributed by atoms with Gasteiger partial charge in [-0.2, -0.15) is 5.10 Å². The Labute approximate surface area is 141 Å². The van der Waals surface area contributed by atoms with Crippen LogP contribution in [-0.2, 0) is 22.9 Å². The molecule has 1 aromatic heterocycles. The number of halogens is 1. The zero-order valence-corrected chi connectivity index (χ0v) is 14.6. The fourth-order valence-electron chi connectivity index (χ4n) is 2.85. The molecule has 23 heavy (non-hydrogen) atoms. The summed E-state index contributed by atoms with van der Waals surface area (Å²) in [6.07, 6.45) is 0.664. The molecule has 5 nitrogen and oxygen atoms in total. The van der Waals surface area contributed by atoms with Gasteiger partial charge in [-0.3, -0.25) is 0 Å². The van der Waals surface area contributed by atoms with E-state index < -0.39 is 9.84 Å². The molecular formula is C16H20ClN3O2S. The minimum Gasteiger partial charge on any atom is -0.309 e. The maximum atomic E-state index is 11.5. The molecule has 0 radical (unpaired) electrons. The Hall–Kier alpha value is -1.37. The molecule has 0 bridgehead atoms. The maximum absolute atomic E-state index is 11.5. The number of hydrogen-bond donors (Lipinski definition) is 1. The highest BCUT2D eigenvalue weighted by Crippen LogP contribution is 2.22. The Morgan fingerprint density at radius 1 is 1.35 bits per heavy atom. The molecule has 0 unspecified atom stereocenters. The molecule has 2 heterocycles. The van der Waals surface area contributed by atoms with Gasteiger partial charge in [0.1, 0.15) is 5.15 Å². The molecule has 3 rings (SSSR count). The topological polar surface area (TPSA) is 64.0 Å². The van der Waals surface area contributed by atoms with Crippen molar-refractivity contribution in [1.82, 2.24) is 15.1 Å². The van der Waals surface area contributed by atoms with Gasteiger partial charge in [-0.25, -0.2) is 13.1 Å². The summed E-state index contributed by atoms with van der Waals surface area (Å²) in [5.41, 5.74) is 2.95. The maximum Gasteiger partial charge on any atom is 0.151 e. The first kappa shape index (κ1) is 16.5. The standard InChI is InChI=1S/C16H20ClN3O2S/c1-12-15(9-18-14-7-8-23(21,22)11-14)16(17)20(19-12)10-13-5-3-2-4-6-13/h2-6,14,18H,7-11H2,1H3/t14-/m0/s1. The monoisotopic (exact) mass is 353 g/mol. The third-order valence-corrected chi connectivity index (χ3v) is 6.35. The Morgan fingerprint density at radius 2 is 2.09 bits per heavy atom. The van der Waals surface area contributed by atoms with E-state index in [4.69, 9.17) is 11.6 Å². The summed E-state index contributed by atoms with van der Waals surface area (Å²) in [5, 5.41) is 8.41. The Bertz CT molecular complexity index is 787. The first-order valence-electron chi connectivity index (χ1n) is 7.64. The van der Waals surface area contributed by atoms with Gasteiger partial charge in [0.2, 0.25) is 0 Å². The summed E-state index contributed by atoms with van der Waals surface area (Å²) in [5.74, 6) is 0.479. The molecule has 1 aliphatic heterocycles. The number of nitrogens with one attached hydrogen (secondary N) is 1. The molecule has 0 amide bonds. The second kappa shape index (κ2) is 6.63. The van der Waals surface area contributed by atoms with Gasteiger partial charge in [0.05, 0.1) is 23.7 Å². The lowest BCUT2D eigenvalue weighted by Gasteiger charge is -2.10. The van der Waals surface area contributed by atoms with Gasteiger partial charge in [-0.05, 0) is 18.9 Å². The fourth-order valence-corrected chi connectivity index (χ4v) is 4.86. The largest absolute Gasteiger partial charge is 0.309 e. The van der Waals surface area contributed by atoms with Crippen molar-refractivity contribution in [1.29, 1.82) is 0 Å². The predicted octanol–water partition coefficient (Wildman–Crippen LogP) is 2.17. The van der Waals surface area contributed by atoms with Gasteiger partial charge >= 0.3 is 0 Å². The lowest BCUT2D eigenvalue weighted by molar-refractivity contribution is 0.553. The van der Waals surface area contributed by atoms with E-state index in [0.717, 1.165) is 16.8 Å². The van der Waals surface area contributed by atoms with Crippen molar-refractivity contribution in [2.24, 2.45) is 0 Å². The number of benzene rings is 1. The van der Waals surface area contributed by atoms with Crippen molar-refractivity contribution >= 4 is 21.4 Å². The summed E-state index contributed by atoms with van der Waals surface area (Å²) in [6.45, 7) is 3.09. The number of hydrogen-bond acceptors (Lipinski definition) is 4.